The number of nitrogens with zero attached hydrogens (tertiary/aromatic N) is 1. The molecule has 6 nitrogen and oxygen atoms in total. The summed E-state index contributed by atoms with van der Waals surface area (Å²) in [5, 5.41) is 3.64. The van der Waals surface area contributed by atoms with Gasteiger partial charge in [-0.05, 0) is 44.0 Å². The van der Waals surface area contributed by atoms with Gasteiger partial charge in [0.2, 0.25) is 5.91 Å². The Balaban J connectivity index is 1.75. The highest BCUT2D eigenvalue weighted by Gasteiger charge is 2.34. The van der Waals surface area contributed by atoms with Crippen LogP contribution in [0, 0.1) is 13.8 Å². The summed E-state index contributed by atoms with van der Waals surface area (Å²) in [4.78, 5) is 40.3. The highest BCUT2D eigenvalue weighted by atomic mass is 35.5. The summed E-state index contributed by atoms with van der Waals surface area (Å²) in [6.45, 7) is 5.35. The van der Waals surface area contributed by atoms with E-state index < -0.39 is 11.9 Å². The maximum Gasteiger partial charge on any atom is 0.341 e. The maximum atomic E-state index is 12.8. The van der Waals surface area contributed by atoms with Gasteiger partial charge in [-0.25, -0.2) is 4.79 Å². The summed E-state index contributed by atoms with van der Waals surface area (Å²) in [5.74, 6) is -1.32. The zero-order valence-corrected chi connectivity index (χ0v) is 20.2. The van der Waals surface area contributed by atoms with E-state index in [1.165, 1.54) is 16.2 Å². The summed E-state index contributed by atoms with van der Waals surface area (Å²) >= 11 is 13.9. The number of carbonyl (C=O) groups excluding carboxylic acids is 3. The Bertz CT molecular complexity index is 1110. The van der Waals surface area contributed by atoms with Crippen LogP contribution < -0.4 is 5.32 Å². The zero-order valence-electron chi connectivity index (χ0n) is 17.0. The van der Waals surface area contributed by atoms with Crippen molar-refractivity contribution >= 4 is 80.1 Å². The third-order valence-electron chi connectivity index (χ3n) is 4.48. The molecule has 0 bridgehead atoms. The molecule has 0 spiro atoms. The third kappa shape index (κ3) is 5.17. The fraction of sp³-hybridized carbons (Fsp3) is 0.238. The number of hydrogen-bond donors (Lipinski definition) is 1. The van der Waals surface area contributed by atoms with Crippen molar-refractivity contribution in [2.45, 2.75) is 20.8 Å². The molecule has 1 fully saturated rings. The third-order valence-corrected chi connectivity index (χ3v) is 7.33. The topological polar surface area (TPSA) is 75.7 Å². The minimum absolute atomic E-state index is 0.231. The van der Waals surface area contributed by atoms with Crippen LogP contribution in [0.2, 0.25) is 5.02 Å². The van der Waals surface area contributed by atoms with E-state index in [1.807, 2.05) is 13.0 Å². The highest BCUT2D eigenvalue weighted by Crippen LogP contribution is 2.35. The highest BCUT2D eigenvalue weighted by molar-refractivity contribution is 8.26. The first kappa shape index (κ1) is 23.5. The number of aryl methyl sites for hydroxylation is 1. The lowest BCUT2D eigenvalue weighted by atomic mass is 10.1. The molecular formula is C21H19ClN2O4S3. The SMILES string of the molecule is CCOC(=O)c1c(NC(=O)CN2C(=O)C(=Cc3ccccc3Cl)SC2=S)sc(C)c1C. The largest absolute Gasteiger partial charge is 0.462 e. The number of esters is 1. The molecule has 1 aliphatic heterocycles. The Morgan fingerprint density at radius 3 is 2.68 bits per heavy atom. The van der Waals surface area contributed by atoms with Crippen LogP contribution in [0.4, 0.5) is 5.00 Å². The molecule has 2 amide bonds. The summed E-state index contributed by atoms with van der Waals surface area (Å²) < 4.78 is 5.38. The van der Waals surface area contributed by atoms with Crippen LogP contribution in [0.1, 0.15) is 33.3 Å². The average molecular weight is 495 g/mol. The Hall–Kier alpha value is -2.20. The number of nitrogens with one attached hydrogen (secondary N) is 1. The second-order valence-electron chi connectivity index (χ2n) is 6.55. The molecular weight excluding hydrogens is 476 g/mol. The van der Waals surface area contributed by atoms with E-state index in [1.54, 1.807) is 38.1 Å². The van der Waals surface area contributed by atoms with Crippen LogP contribution in [0.3, 0.4) is 0 Å². The standard InChI is InChI=1S/C21H19ClN2O4S3/c1-4-28-20(27)17-11(2)12(3)30-18(17)23-16(25)10-24-19(26)15(31-21(24)29)9-13-7-5-6-8-14(13)22/h5-9H,4,10H2,1-3H3,(H,23,25). The van der Waals surface area contributed by atoms with Gasteiger partial charge >= 0.3 is 5.97 Å². The number of halogens is 1. The fourth-order valence-corrected chi connectivity index (χ4v) is 5.34. The summed E-state index contributed by atoms with van der Waals surface area (Å²) in [5.41, 5.74) is 1.78. The van der Waals surface area contributed by atoms with E-state index in [0.717, 1.165) is 22.2 Å². The normalized spacial score (nSPS) is 15.0. The Labute approximate surface area is 198 Å². The Morgan fingerprint density at radius 2 is 2.00 bits per heavy atom. The van der Waals surface area contributed by atoms with Crippen molar-refractivity contribution in [1.29, 1.82) is 0 Å². The van der Waals surface area contributed by atoms with Gasteiger partial charge < -0.3 is 10.1 Å². The number of amides is 2. The maximum absolute atomic E-state index is 12.8. The van der Waals surface area contributed by atoms with Crippen molar-refractivity contribution in [1.82, 2.24) is 4.90 Å². The van der Waals surface area contributed by atoms with Crippen molar-refractivity contribution in [2.24, 2.45) is 0 Å². The first-order valence-electron chi connectivity index (χ1n) is 9.29. The molecule has 1 aromatic heterocycles. The lowest BCUT2D eigenvalue weighted by molar-refractivity contribution is -0.126. The Kier molecular flexibility index (Phi) is 7.53. The van der Waals surface area contributed by atoms with Gasteiger partial charge in [0, 0.05) is 9.90 Å². The summed E-state index contributed by atoms with van der Waals surface area (Å²) in [7, 11) is 0. The second-order valence-corrected chi connectivity index (χ2v) is 9.85. The van der Waals surface area contributed by atoms with Crippen molar-refractivity contribution < 1.29 is 19.1 Å². The molecule has 0 unspecified atom stereocenters. The van der Waals surface area contributed by atoms with Crippen LogP contribution in [0.25, 0.3) is 6.08 Å². The van der Waals surface area contributed by atoms with Gasteiger partial charge in [0.1, 0.15) is 15.9 Å². The van der Waals surface area contributed by atoms with Crippen molar-refractivity contribution in [2.75, 3.05) is 18.5 Å². The fourth-order valence-electron chi connectivity index (χ4n) is 2.84. The number of thiophene rings is 1. The van der Waals surface area contributed by atoms with Crippen LogP contribution >= 0.6 is 46.9 Å². The number of rotatable bonds is 6. The number of anilines is 1. The molecule has 1 N–H and O–H groups in total. The van der Waals surface area contributed by atoms with Gasteiger partial charge in [0.15, 0.2) is 0 Å². The number of thiocarbonyl (C=S) groups is 1. The molecule has 3 rings (SSSR count). The molecule has 0 aliphatic carbocycles. The zero-order chi connectivity index (χ0) is 22.7. The molecule has 162 valence electrons. The number of ether oxygens (including phenoxy) is 1. The van der Waals surface area contributed by atoms with Gasteiger partial charge in [-0.1, -0.05) is 53.8 Å². The number of hydrogen-bond acceptors (Lipinski definition) is 7. The van der Waals surface area contributed by atoms with E-state index in [2.05, 4.69) is 5.32 Å². The number of thioether (sulfide) groups is 1. The van der Waals surface area contributed by atoms with Crippen LogP contribution in [0.15, 0.2) is 29.2 Å². The quantitative estimate of drug-likeness (QED) is 0.344. The molecule has 0 saturated carbocycles. The number of benzene rings is 1. The number of carbonyl (C=O) groups is 3. The molecule has 10 heteroatoms. The van der Waals surface area contributed by atoms with E-state index >= 15 is 0 Å². The second kappa shape index (κ2) is 9.95. The van der Waals surface area contributed by atoms with Crippen LogP contribution in [0.5, 0.6) is 0 Å². The van der Waals surface area contributed by atoms with Crippen molar-refractivity contribution in [3.63, 3.8) is 0 Å². The first-order chi connectivity index (χ1) is 14.7. The van der Waals surface area contributed by atoms with Gasteiger partial charge in [0.25, 0.3) is 5.91 Å². The summed E-state index contributed by atoms with van der Waals surface area (Å²) in [6.07, 6.45) is 1.66. The van der Waals surface area contributed by atoms with Gasteiger partial charge in [-0.3, -0.25) is 14.5 Å². The molecule has 1 saturated heterocycles. The molecule has 31 heavy (non-hydrogen) atoms. The van der Waals surface area contributed by atoms with Gasteiger partial charge in [-0.2, -0.15) is 0 Å². The Morgan fingerprint density at radius 1 is 1.29 bits per heavy atom. The average Bonchev–Trinajstić information content (AvgIpc) is 3.13. The molecule has 0 radical (unpaired) electrons. The van der Waals surface area contributed by atoms with Gasteiger partial charge in [-0.15, -0.1) is 11.3 Å². The molecule has 0 atom stereocenters. The summed E-state index contributed by atoms with van der Waals surface area (Å²) in [6, 6.07) is 7.14. The molecule has 1 aliphatic rings. The van der Waals surface area contributed by atoms with E-state index in [9.17, 15) is 14.4 Å². The van der Waals surface area contributed by atoms with E-state index in [0.29, 0.717) is 26.1 Å². The minimum Gasteiger partial charge on any atom is -0.462 e. The monoisotopic (exact) mass is 494 g/mol. The minimum atomic E-state index is -0.493. The van der Waals surface area contributed by atoms with Gasteiger partial charge in [0.05, 0.1) is 17.1 Å². The van der Waals surface area contributed by atoms with E-state index in [4.69, 9.17) is 28.6 Å². The lowest BCUT2D eigenvalue weighted by Crippen LogP contribution is -2.36. The molecule has 1 aromatic carbocycles. The first-order valence-corrected chi connectivity index (χ1v) is 11.7. The van der Waals surface area contributed by atoms with E-state index in [-0.39, 0.29) is 23.4 Å². The van der Waals surface area contributed by atoms with Crippen LogP contribution in [-0.2, 0) is 14.3 Å². The predicted molar refractivity (Wildman–Crippen MR) is 130 cm³/mol. The van der Waals surface area contributed by atoms with Crippen molar-refractivity contribution in [3.05, 3.63) is 55.8 Å². The van der Waals surface area contributed by atoms with Crippen LogP contribution in [-0.4, -0.2) is 40.2 Å². The molecule has 2 heterocycles. The van der Waals surface area contributed by atoms with Crippen molar-refractivity contribution in [3.8, 4) is 0 Å². The smallest absolute Gasteiger partial charge is 0.341 e. The molecule has 2 aromatic rings. The predicted octanol–water partition coefficient (Wildman–Crippen LogP) is 5.03. The lowest BCUT2D eigenvalue weighted by Gasteiger charge is -2.14.